The number of hydrogen-bond acceptors (Lipinski definition) is 2. The molecule has 16 heavy (non-hydrogen) atoms. The molecule has 0 N–H and O–H groups in total. The third-order valence-corrected chi connectivity index (χ3v) is 4.21. The van der Waals surface area contributed by atoms with Gasteiger partial charge in [-0.2, -0.15) is 0 Å². The van der Waals surface area contributed by atoms with E-state index in [1.54, 1.807) is 6.92 Å². The van der Waals surface area contributed by atoms with Crippen LogP contribution in [0, 0.1) is 11.3 Å². The Morgan fingerprint density at radius 3 is 2.19 bits per heavy atom. The van der Waals surface area contributed by atoms with Crippen molar-refractivity contribution in [2.45, 2.75) is 59.4 Å². The Kier molecular flexibility index (Phi) is 4.54. The predicted octanol–water partition coefficient (Wildman–Crippen LogP) is 3.11. The van der Waals surface area contributed by atoms with Gasteiger partial charge in [0.15, 0.2) is 0 Å². The number of carbonyl (C=O) groups excluding carboxylic acids is 1. The topological polar surface area (TPSA) is 20.3 Å². The number of carbonyl (C=O) groups is 1. The number of ketones is 1. The minimum Gasteiger partial charge on any atom is -0.302 e. The third-order valence-electron chi connectivity index (χ3n) is 4.21. The molecule has 2 heteroatoms. The molecule has 1 saturated carbocycles. The Labute approximate surface area is 100 Å². The molecule has 0 aromatic carbocycles. The molecule has 1 rings (SSSR count). The van der Waals surface area contributed by atoms with E-state index in [4.69, 9.17) is 0 Å². The number of Topliss-reactive ketones (excluding diaryl/α,β-unsaturated/α-hetero) is 1. The van der Waals surface area contributed by atoms with Gasteiger partial charge in [-0.15, -0.1) is 0 Å². The van der Waals surface area contributed by atoms with Crippen molar-refractivity contribution in [3.05, 3.63) is 0 Å². The molecule has 0 aromatic rings. The van der Waals surface area contributed by atoms with Gasteiger partial charge in [0, 0.05) is 18.0 Å². The average Bonchev–Trinajstić information content (AvgIpc) is 2.17. The molecule has 94 valence electrons. The van der Waals surface area contributed by atoms with Crippen molar-refractivity contribution in [3.8, 4) is 0 Å². The summed E-state index contributed by atoms with van der Waals surface area (Å²) in [6, 6.07) is 0.690. The van der Waals surface area contributed by atoms with Crippen molar-refractivity contribution < 1.29 is 4.79 Å². The normalized spacial score (nSPS) is 27.1. The highest BCUT2D eigenvalue weighted by Crippen LogP contribution is 2.28. The molecule has 1 aliphatic rings. The van der Waals surface area contributed by atoms with Crippen molar-refractivity contribution >= 4 is 5.78 Å². The Morgan fingerprint density at radius 1 is 1.25 bits per heavy atom. The van der Waals surface area contributed by atoms with Gasteiger partial charge in [0.2, 0.25) is 0 Å². The molecule has 0 aliphatic heterocycles. The quantitative estimate of drug-likeness (QED) is 0.732. The first-order chi connectivity index (χ1) is 7.33. The second kappa shape index (κ2) is 5.31. The van der Waals surface area contributed by atoms with Gasteiger partial charge in [-0.3, -0.25) is 4.79 Å². The van der Waals surface area contributed by atoms with Crippen molar-refractivity contribution in [1.82, 2.24) is 4.90 Å². The van der Waals surface area contributed by atoms with Crippen LogP contribution in [-0.2, 0) is 4.79 Å². The SMILES string of the molecule is CC(=O)C(C)(C)CN(C)C1CCC(C)CC1. The van der Waals surface area contributed by atoms with Crippen molar-refractivity contribution in [3.63, 3.8) is 0 Å². The summed E-state index contributed by atoms with van der Waals surface area (Å²) in [6.45, 7) is 9.04. The summed E-state index contributed by atoms with van der Waals surface area (Å²) in [5.74, 6) is 1.19. The molecule has 0 amide bonds. The summed E-state index contributed by atoms with van der Waals surface area (Å²) in [6.07, 6.45) is 5.28. The van der Waals surface area contributed by atoms with E-state index in [1.165, 1.54) is 25.7 Å². The van der Waals surface area contributed by atoms with Crippen LogP contribution in [0.15, 0.2) is 0 Å². The maximum Gasteiger partial charge on any atom is 0.136 e. The smallest absolute Gasteiger partial charge is 0.136 e. The van der Waals surface area contributed by atoms with E-state index >= 15 is 0 Å². The number of hydrogen-bond donors (Lipinski definition) is 0. The largest absolute Gasteiger partial charge is 0.302 e. The Balaban J connectivity index is 2.46. The maximum absolute atomic E-state index is 11.5. The highest BCUT2D eigenvalue weighted by molar-refractivity contribution is 5.81. The zero-order chi connectivity index (χ0) is 12.3. The number of nitrogens with zero attached hydrogens (tertiary/aromatic N) is 1. The van der Waals surface area contributed by atoms with Crippen LogP contribution in [0.2, 0.25) is 0 Å². The van der Waals surface area contributed by atoms with Gasteiger partial charge in [-0.25, -0.2) is 0 Å². The van der Waals surface area contributed by atoms with Crippen molar-refractivity contribution in [2.24, 2.45) is 11.3 Å². The predicted molar refractivity (Wildman–Crippen MR) is 68.5 cm³/mol. The summed E-state index contributed by atoms with van der Waals surface area (Å²) >= 11 is 0. The van der Waals surface area contributed by atoms with E-state index in [1.807, 2.05) is 0 Å². The second-order valence-electron chi connectivity index (χ2n) is 6.27. The molecular formula is C14H27NO. The van der Waals surface area contributed by atoms with Gasteiger partial charge < -0.3 is 4.90 Å². The second-order valence-corrected chi connectivity index (χ2v) is 6.27. The minimum absolute atomic E-state index is 0.197. The molecule has 1 fully saturated rings. The van der Waals surface area contributed by atoms with Gasteiger partial charge in [0.1, 0.15) is 5.78 Å². The Bertz CT molecular complexity index is 239. The standard InChI is InChI=1S/C14H27NO/c1-11-6-8-13(9-7-11)15(5)10-14(3,4)12(2)16/h11,13H,6-10H2,1-5H3. The van der Waals surface area contributed by atoms with Crippen LogP contribution in [0.3, 0.4) is 0 Å². The minimum atomic E-state index is -0.197. The highest BCUT2D eigenvalue weighted by atomic mass is 16.1. The first-order valence-corrected chi connectivity index (χ1v) is 6.54. The lowest BCUT2D eigenvalue weighted by Crippen LogP contribution is -2.43. The lowest BCUT2D eigenvalue weighted by atomic mass is 9.84. The van der Waals surface area contributed by atoms with E-state index in [9.17, 15) is 4.79 Å². The molecule has 0 spiro atoms. The number of rotatable bonds is 4. The molecule has 0 radical (unpaired) electrons. The van der Waals surface area contributed by atoms with Crippen LogP contribution < -0.4 is 0 Å². The molecule has 0 atom stereocenters. The van der Waals surface area contributed by atoms with Crippen LogP contribution >= 0.6 is 0 Å². The fraction of sp³-hybridized carbons (Fsp3) is 0.929. The zero-order valence-electron chi connectivity index (χ0n) is 11.5. The van der Waals surface area contributed by atoms with Crippen LogP contribution in [0.4, 0.5) is 0 Å². The average molecular weight is 225 g/mol. The highest BCUT2D eigenvalue weighted by Gasteiger charge is 2.29. The van der Waals surface area contributed by atoms with Crippen LogP contribution in [0.25, 0.3) is 0 Å². The summed E-state index contributed by atoms with van der Waals surface area (Å²) in [5.41, 5.74) is -0.197. The van der Waals surface area contributed by atoms with Crippen LogP contribution in [0.5, 0.6) is 0 Å². The first kappa shape index (κ1) is 13.7. The van der Waals surface area contributed by atoms with E-state index < -0.39 is 0 Å². The summed E-state index contributed by atoms with van der Waals surface area (Å²) in [5, 5.41) is 0. The fourth-order valence-corrected chi connectivity index (χ4v) is 2.55. The van der Waals surface area contributed by atoms with Gasteiger partial charge in [-0.1, -0.05) is 20.8 Å². The molecule has 0 bridgehead atoms. The molecule has 2 nitrogen and oxygen atoms in total. The lowest BCUT2D eigenvalue weighted by Gasteiger charge is -2.37. The van der Waals surface area contributed by atoms with Gasteiger partial charge in [-0.05, 0) is 45.6 Å². The van der Waals surface area contributed by atoms with Crippen molar-refractivity contribution in [1.29, 1.82) is 0 Å². The summed E-state index contributed by atoms with van der Waals surface area (Å²) in [4.78, 5) is 13.9. The maximum atomic E-state index is 11.5. The molecule has 0 unspecified atom stereocenters. The van der Waals surface area contributed by atoms with E-state index in [-0.39, 0.29) is 5.41 Å². The van der Waals surface area contributed by atoms with E-state index in [0.29, 0.717) is 11.8 Å². The molecular weight excluding hydrogens is 198 g/mol. The van der Waals surface area contributed by atoms with Gasteiger partial charge in [0.25, 0.3) is 0 Å². The van der Waals surface area contributed by atoms with Crippen LogP contribution in [0.1, 0.15) is 53.4 Å². The molecule has 1 aliphatic carbocycles. The molecule has 0 heterocycles. The molecule has 0 aromatic heterocycles. The van der Waals surface area contributed by atoms with E-state index in [0.717, 1.165) is 12.5 Å². The third kappa shape index (κ3) is 3.58. The lowest BCUT2D eigenvalue weighted by molar-refractivity contribution is -0.126. The van der Waals surface area contributed by atoms with Crippen molar-refractivity contribution in [2.75, 3.05) is 13.6 Å². The van der Waals surface area contributed by atoms with E-state index in [2.05, 4.69) is 32.7 Å². The summed E-state index contributed by atoms with van der Waals surface area (Å²) < 4.78 is 0. The molecule has 0 saturated heterocycles. The summed E-state index contributed by atoms with van der Waals surface area (Å²) in [7, 11) is 2.17. The van der Waals surface area contributed by atoms with Gasteiger partial charge >= 0.3 is 0 Å². The van der Waals surface area contributed by atoms with Crippen LogP contribution in [-0.4, -0.2) is 30.3 Å². The Hall–Kier alpha value is -0.370. The fourth-order valence-electron chi connectivity index (χ4n) is 2.55. The Morgan fingerprint density at radius 2 is 1.75 bits per heavy atom. The zero-order valence-corrected chi connectivity index (χ0v) is 11.5. The monoisotopic (exact) mass is 225 g/mol. The first-order valence-electron chi connectivity index (χ1n) is 6.54. The van der Waals surface area contributed by atoms with Gasteiger partial charge in [0.05, 0.1) is 0 Å².